The fourth-order valence-electron chi connectivity index (χ4n) is 2.74. The number of benzene rings is 1. The van der Waals surface area contributed by atoms with Gasteiger partial charge in [-0.3, -0.25) is 9.89 Å². The van der Waals surface area contributed by atoms with Crippen LogP contribution in [0, 0.1) is 10.7 Å². The molecule has 1 heterocycles. The van der Waals surface area contributed by atoms with Crippen LogP contribution < -0.4 is 5.32 Å². The highest BCUT2D eigenvalue weighted by molar-refractivity contribution is 7.71. The molecule has 0 aliphatic heterocycles. The summed E-state index contributed by atoms with van der Waals surface area (Å²) in [6.07, 6.45) is -4.00. The van der Waals surface area contributed by atoms with Gasteiger partial charge in [-0.05, 0) is 36.2 Å². The van der Waals surface area contributed by atoms with Crippen molar-refractivity contribution in [1.82, 2.24) is 20.1 Å². The Hall–Kier alpha value is -2.16. The van der Waals surface area contributed by atoms with Crippen molar-refractivity contribution in [3.8, 4) is 0 Å². The zero-order chi connectivity index (χ0) is 17.5. The van der Waals surface area contributed by atoms with Crippen molar-refractivity contribution in [3.63, 3.8) is 0 Å². The zero-order valence-corrected chi connectivity index (χ0v) is 13.5. The molecule has 5 nitrogen and oxygen atoms in total. The molecule has 1 aromatic heterocycles. The zero-order valence-electron chi connectivity index (χ0n) is 12.7. The monoisotopic (exact) mass is 356 g/mol. The Morgan fingerprint density at radius 2 is 2.17 bits per heavy atom. The van der Waals surface area contributed by atoms with Crippen molar-refractivity contribution in [2.24, 2.45) is 13.0 Å². The third-order valence-electron chi connectivity index (χ3n) is 4.19. The van der Waals surface area contributed by atoms with Crippen LogP contribution in [0.5, 0.6) is 0 Å². The van der Waals surface area contributed by atoms with Gasteiger partial charge in [0.2, 0.25) is 5.91 Å². The van der Waals surface area contributed by atoms with Crippen LogP contribution >= 0.6 is 12.2 Å². The van der Waals surface area contributed by atoms with Crippen molar-refractivity contribution in [2.75, 3.05) is 0 Å². The second-order valence-corrected chi connectivity index (χ2v) is 6.14. The smallest absolute Gasteiger partial charge is 0.349 e. The van der Waals surface area contributed by atoms with Gasteiger partial charge in [0.15, 0.2) is 10.6 Å². The number of alkyl halides is 3. The molecular weight excluding hydrogens is 341 g/mol. The minimum atomic E-state index is -4.41. The van der Waals surface area contributed by atoms with E-state index in [0.29, 0.717) is 17.0 Å². The van der Waals surface area contributed by atoms with Crippen molar-refractivity contribution in [1.29, 1.82) is 0 Å². The summed E-state index contributed by atoms with van der Waals surface area (Å²) in [7, 11) is 1.72. The maximum atomic E-state index is 13.1. The fourth-order valence-corrected chi connectivity index (χ4v) is 2.89. The molecule has 128 valence electrons. The molecule has 1 aliphatic rings. The van der Waals surface area contributed by atoms with Gasteiger partial charge in [-0.1, -0.05) is 18.2 Å². The first kappa shape index (κ1) is 16.7. The largest absolute Gasteiger partial charge is 0.416 e. The van der Waals surface area contributed by atoms with Gasteiger partial charge in [0.05, 0.1) is 12.1 Å². The van der Waals surface area contributed by atoms with Gasteiger partial charge < -0.3 is 9.88 Å². The standard InChI is InChI=1S/C15H15F3N4OS/c1-22-12(20-21-14(22)24)7-19-13(23)10-6-9(10)8-4-2-3-5-11(8)15(16,17)18/h2-5,9-10H,6-7H2,1H3,(H,19,23)(H,21,24)/t9-,10+/m1/s1. The molecule has 2 aromatic rings. The number of hydrogen-bond donors (Lipinski definition) is 2. The quantitative estimate of drug-likeness (QED) is 0.828. The molecule has 0 bridgehead atoms. The van der Waals surface area contributed by atoms with Crippen LogP contribution in [0.1, 0.15) is 29.3 Å². The molecule has 0 spiro atoms. The SMILES string of the molecule is Cn1c(CNC(=O)[C@H]2C[C@@H]2c2ccccc2C(F)(F)F)n[nH]c1=S. The summed E-state index contributed by atoms with van der Waals surface area (Å²) in [4.78, 5) is 12.2. The van der Waals surface area contributed by atoms with E-state index in [2.05, 4.69) is 15.5 Å². The third-order valence-corrected chi connectivity index (χ3v) is 4.55. The van der Waals surface area contributed by atoms with E-state index in [-0.39, 0.29) is 18.0 Å². The van der Waals surface area contributed by atoms with E-state index in [9.17, 15) is 18.0 Å². The first-order valence-electron chi connectivity index (χ1n) is 7.33. The number of nitrogens with one attached hydrogen (secondary N) is 2. The Labute approximate surface area is 140 Å². The summed E-state index contributed by atoms with van der Waals surface area (Å²) >= 11 is 4.98. The summed E-state index contributed by atoms with van der Waals surface area (Å²) in [6.45, 7) is 0.173. The molecule has 3 rings (SSSR count). The second kappa shape index (κ2) is 6.04. The molecule has 24 heavy (non-hydrogen) atoms. The van der Waals surface area contributed by atoms with Gasteiger partial charge in [-0.15, -0.1) is 0 Å². The van der Waals surface area contributed by atoms with Gasteiger partial charge in [0, 0.05) is 13.0 Å². The lowest BCUT2D eigenvalue weighted by atomic mass is 10.0. The van der Waals surface area contributed by atoms with E-state index in [1.165, 1.54) is 12.1 Å². The number of aromatic amines is 1. The normalized spacial score (nSPS) is 20.0. The Bertz CT molecular complexity index is 827. The molecule has 1 saturated carbocycles. The van der Waals surface area contributed by atoms with Gasteiger partial charge in [0.25, 0.3) is 0 Å². The molecular formula is C15H15F3N4OS. The van der Waals surface area contributed by atoms with Crippen molar-refractivity contribution >= 4 is 18.1 Å². The van der Waals surface area contributed by atoms with E-state index < -0.39 is 23.6 Å². The van der Waals surface area contributed by atoms with E-state index in [1.807, 2.05) is 0 Å². The molecule has 0 saturated heterocycles. The van der Waals surface area contributed by atoms with E-state index in [0.717, 1.165) is 6.07 Å². The van der Waals surface area contributed by atoms with Crippen LogP contribution in [-0.4, -0.2) is 20.7 Å². The number of carbonyl (C=O) groups excluding carboxylic acids is 1. The molecule has 1 aromatic carbocycles. The first-order valence-corrected chi connectivity index (χ1v) is 7.74. The number of aromatic nitrogens is 3. The van der Waals surface area contributed by atoms with Gasteiger partial charge >= 0.3 is 6.18 Å². The van der Waals surface area contributed by atoms with Gasteiger partial charge in [0.1, 0.15) is 0 Å². The molecule has 0 unspecified atom stereocenters. The number of hydrogen-bond acceptors (Lipinski definition) is 3. The summed E-state index contributed by atoms with van der Waals surface area (Å²) in [5, 5.41) is 9.28. The van der Waals surface area contributed by atoms with Crippen LogP contribution in [0.15, 0.2) is 24.3 Å². The fraction of sp³-hybridized carbons (Fsp3) is 0.400. The highest BCUT2D eigenvalue weighted by atomic mass is 32.1. The molecule has 1 fully saturated rings. The number of H-pyrrole nitrogens is 1. The third kappa shape index (κ3) is 3.21. The Morgan fingerprint density at radius 3 is 2.79 bits per heavy atom. The van der Waals surface area contributed by atoms with Crippen molar-refractivity contribution < 1.29 is 18.0 Å². The molecule has 2 N–H and O–H groups in total. The number of halogens is 3. The van der Waals surface area contributed by atoms with Gasteiger partial charge in [-0.2, -0.15) is 18.3 Å². The predicted molar refractivity (Wildman–Crippen MR) is 82.5 cm³/mol. The molecule has 1 amide bonds. The highest BCUT2D eigenvalue weighted by Crippen LogP contribution is 2.51. The summed E-state index contributed by atoms with van der Waals surface area (Å²) in [5.74, 6) is -0.557. The number of rotatable bonds is 4. The van der Waals surface area contributed by atoms with Crippen LogP contribution in [-0.2, 0) is 24.6 Å². The molecule has 2 atom stereocenters. The molecule has 9 heteroatoms. The van der Waals surface area contributed by atoms with Crippen molar-refractivity contribution in [3.05, 3.63) is 46.0 Å². The highest BCUT2D eigenvalue weighted by Gasteiger charge is 2.47. The average Bonchev–Trinajstić information content (AvgIpc) is 3.27. The maximum Gasteiger partial charge on any atom is 0.416 e. The maximum absolute atomic E-state index is 13.1. The Balaban J connectivity index is 1.66. The average molecular weight is 356 g/mol. The van der Waals surface area contributed by atoms with Crippen LogP contribution in [0.25, 0.3) is 0 Å². The topological polar surface area (TPSA) is 62.7 Å². The number of nitrogens with zero attached hydrogens (tertiary/aromatic N) is 2. The van der Waals surface area contributed by atoms with Crippen LogP contribution in [0.2, 0.25) is 0 Å². The van der Waals surface area contributed by atoms with E-state index in [4.69, 9.17) is 12.2 Å². The summed E-state index contributed by atoms with van der Waals surface area (Å²) in [5.41, 5.74) is -0.483. The summed E-state index contributed by atoms with van der Waals surface area (Å²) in [6, 6.07) is 5.41. The van der Waals surface area contributed by atoms with Crippen molar-refractivity contribution in [2.45, 2.75) is 25.1 Å². The number of amides is 1. The predicted octanol–water partition coefficient (Wildman–Crippen LogP) is 2.92. The minimum absolute atomic E-state index is 0.173. The Kier molecular flexibility index (Phi) is 4.20. The van der Waals surface area contributed by atoms with Crippen LogP contribution in [0.3, 0.4) is 0 Å². The molecule has 1 aliphatic carbocycles. The molecule has 0 radical (unpaired) electrons. The minimum Gasteiger partial charge on any atom is -0.349 e. The van der Waals surface area contributed by atoms with Gasteiger partial charge in [-0.25, -0.2) is 0 Å². The Morgan fingerprint density at radius 1 is 1.46 bits per heavy atom. The lowest BCUT2D eigenvalue weighted by Gasteiger charge is -2.12. The van der Waals surface area contributed by atoms with E-state index in [1.54, 1.807) is 17.7 Å². The van der Waals surface area contributed by atoms with E-state index >= 15 is 0 Å². The lowest BCUT2D eigenvalue weighted by molar-refractivity contribution is -0.138. The lowest BCUT2D eigenvalue weighted by Crippen LogP contribution is -2.26. The second-order valence-electron chi connectivity index (χ2n) is 5.76. The summed E-state index contributed by atoms with van der Waals surface area (Å²) < 4.78 is 41.2. The number of carbonyl (C=O) groups is 1. The van der Waals surface area contributed by atoms with Crippen LogP contribution in [0.4, 0.5) is 13.2 Å². The first-order chi connectivity index (χ1) is 11.3.